The summed E-state index contributed by atoms with van der Waals surface area (Å²) in [5, 5.41) is 0. The van der Waals surface area contributed by atoms with Crippen molar-refractivity contribution in [2.24, 2.45) is 71.0 Å². The van der Waals surface area contributed by atoms with E-state index in [0.717, 1.165) is 82.9 Å². The van der Waals surface area contributed by atoms with Crippen LogP contribution in [0, 0.1) is 71.0 Å². The van der Waals surface area contributed by atoms with Crippen LogP contribution in [0.15, 0.2) is 60.7 Å². The lowest BCUT2D eigenvalue weighted by atomic mass is 9.38. The monoisotopic (exact) mass is 476 g/mol. The molecule has 0 heteroatoms. The summed E-state index contributed by atoms with van der Waals surface area (Å²) in [5.74, 6) is 14.2. The molecular formula is C36H44. The van der Waals surface area contributed by atoms with Crippen LogP contribution in [0.2, 0.25) is 0 Å². The average Bonchev–Trinajstić information content (AvgIpc) is 3.58. The van der Waals surface area contributed by atoms with Gasteiger partial charge in [0.15, 0.2) is 0 Å². The zero-order valence-corrected chi connectivity index (χ0v) is 21.9. The third-order valence-electron chi connectivity index (χ3n) is 14.1. The van der Waals surface area contributed by atoms with Crippen LogP contribution in [-0.4, -0.2) is 0 Å². The van der Waals surface area contributed by atoms with Crippen molar-refractivity contribution in [3.05, 3.63) is 71.8 Å². The molecule has 7 fully saturated rings. The van der Waals surface area contributed by atoms with Crippen molar-refractivity contribution < 1.29 is 0 Å². The topological polar surface area (TPSA) is 0 Å². The third kappa shape index (κ3) is 2.83. The molecule has 10 atom stereocenters. The Morgan fingerprint density at radius 1 is 0.361 bits per heavy atom. The van der Waals surface area contributed by atoms with Gasteiger partial charge in [0, 0.05) is 0 Å². The first-order valence-electron chi connectivity index (χ1n) is 16.0. The fourth-order valence-electron chi connectivity index (χ4n) is 13.4. The Kier molecular flexibility index (Phi) is 4.73. The molecule has 36 heavy (non-hydrogen) atoms. The molecule has 2 aromatic carbocycles. The van der Waals surface area contributed by atoms with E-state index in [0.29, 0.717) is 0 Å². The van der Waals surface area contributed by atoms with Gasteiger partial charge in [0.05, 0.1) is 0 Å². The summed E-state index contributed by atoms with van der Waals surface area (Å²) in [7, 11) is 0. The van der Waals surface area contributed by atoms with Gasteiger partial charge in [0.25, 0.3) is 0 Å². The summed E-state index contributed by atoms with van der Waals surface area (Å²) < 4.78 is 0. The third-order valence-corrected chi connectivity index (χ3v) is 14.1. The summed E-state index contributed by atoms with van der Waals surface area (Å²) in [6.07, 6.45) is 15.6. The maximum Gasteiger partial charge on any atom is -0.0128 e. The second-order valence-electron chi connectivity index (χ2n) is 14.6. The van der Waals surface area contributed by atoms with Gasteiger partial charge in [0.1, 0.15) is 0 Å². The molecule has 0 N–H and O–H groups in total. The van der Waals surface area contributed by atoms with Gasteiger partial charge in [-0.2, -0.15) is 0 Å². The Balaban J connectivity index is 1.18. The Labute approximate surface area is 218 Å². The van der Waals surface area contributed by atoms with E-state index < -0.39 is 0 Å². The number of fused-ring (bicyclic) bond motifs is 2. The highest BCUT2D eigenvalue weighted by molar-refractivity contribution is 5.29. The van der Waals surface area contributed by atoms with Gasteiger partial charge in [-0.25, -0.2) is 0 Å². The quantitative estimate of drug-likeness (QED) is 0.406. The first-order chi connectivity index (χ1) is 17.9. The molecule has 0 spiro atoms. The van der Waals surface area contributed by atoms with E-state index >= 15 is 0 Å². The van der Waals surface area contributed by atoms with Gasteiger partial charge < -0.3 is 0 Å². The van der Waals surface area contributed by atoms with Crippen molar-refractivity contribution in [3.8, 4) is 0 Å². The van der Waals surface area contributed by atoms with Crippen molar-refractivity contribution in [3.63, 3.8) is 0 Å². The normalized spacial score (nSPS) is 51.9. The second kappa shape index (κ2) is 7.97. The zero-order valence-electron chi connectivity index (χ0n) is 21.9. The van der Waals surface area contributed by atoms with Gasteiger partial charge in [-0.3, -0.25) is 0 Å². The molecule has 0 radical (unpaired) electrons. The van der Waals surface area contributed by atoms with Gasteiger partial charge in [-0.1, -0.05) is 60.7 Å². The zero-order chi connectivity index (χ0) is 23.4. The molecule has 0 nitrogen and oxygen atoms in total. The second-order valence-corrected chi connectivity index (χ2v) is 14.6. The lowest BCUT2D eigenvalue weighted by Gasteiger charge is -2.67. The van der Waals surface area contributed by atoms with E-state index in [9.17, 15) is 0 Å². The molecule has 188 valence electrons. The average molecular weight is 477 g/mol. The maximum atomic E-state index is 2.50. The molecule has 7 saturated carbocycles. The largest absolute Gasteiger partial charge is 0.0622 e. The predicted octanol–water partition coefficient (Wildman–Crippen LogP) is 8.94. The molecule has 7 aliphatic carbocycles. The van der Waals surface area contributed by atoms with Crippen LogP contribution in [0.25, 0.3) is 0 Å². The van der Waals surface area contributed by atoms with E-state index in [-0.39, 0.29) is 0 Å². The number of hydrogen-bond acceptors (Lipinski definition) is 0. The Bertz CT molecular complexity index is 1020. The van der Waals surface area contributed by atoms with Crippen LogP contribution < -0.4 is 0 Å². The number of benzene rings is 2. The fraction of sp³-hybridized carbons (Fsp3) is 0.667. The molecule has 7 aliphatic rings. The van der Waals surface area contributed by atoms with Gasteiger partial charge in [0.2, 0.25) is 0 Å². The van der Waals surface area contributed by atoms with Crippen LogP contribution in [0.1, 0.15) is 87.2 Å². The lowest BCUT2D eigenvalue weighted by molar-refractivity contribution is -0.173. The van der Waals surface area contributed by atoms with Crippen molar-refractivity contribution in [1.29, 1.82) is 0 Å². The molecule has 0 aliphatic heterocycles. The van der Waals surface area contributed by atoms with E-state index in [1.807, 2.05) is 0 Å². The maximum absolute atomic E-state index is 2.50. The molecule has 0 bridgehead atoms. The number of rotatable bonds is 2. The number of hydrogen-bond donors (Lipinski definition) is 0. The van der Waals surface area contributed by atoms with Crippen LogP contribution >= 0.6 is 0 Å². The molecule has 2 aromatic rings. The smallest absolute Gasteiger partial charge is 0.0128 e. The molecular weight excluding hydrogens is 432 g/mol. The van der Waals surface area contributed by atoms with Crippen molar-refractivity contribution in [2.45, 2.75) is 76.0 Å². The standard InChI is InChI=1S/C36H44/c1-3-7-21(8-4-1)29-19-31-27-15-13-23-11-12-24-14-16-28(34(27)33(23)24)32-20-30(22-9-5-2-6-10-22)26-18-17-25(29)35(26)36(31)32/h1-10,23-36H,11-20H2. The Hall–Kier alpha value is -1.56. The van der Waals surface area contributed by atoms with Crippen molar-refractivity contribution in [2.75, 3.05) is 0 Å². The lowest BCUT2D eigenvalue weighted by Crippen LogP contribution is -2.60. The van der Waals surface area contributed by atoms with Gasteiger partial charge >= 0.3 is 0 Å². The van der Waals surface area contributed by atoms with Crippen LogP contribution in [0.5, 0.6) is 0 Å². The summed E-state index contributed by atoms with van der Waals surface area (Å²) in [4.78, 5) is 0. The summed E-state index contributed by atoms with van der Waals surface area (Å²) in [6.45, 7) is 0. The van der Waals surface area contributed by atoms with Crippen molar-refractivity contribution >= 4 is 0 Å². The highest BCUT2D eigenvalue weighted by Crippen LogP contribution is 2.74. The van der Waals surface area contributed by atoms with Crippen molar-refractivity contribution in [1.82, 2.24) is 0 Å². The van der Waals surface area contributed by atoms with E-state index in [2.05, 4.69) is 60.7 Å². The van der Waals surface area contributed by atoms with Crippen LogP contribution in [0.4, 0.5) is 0 Å². The Morgan fingerprint density at radius 2 is 0.750 bits per heavy atom. The van der Waals surface area contributed by atoms with Crippen LogP contribution in [0.3, 0.4) is 0 Å². The Morgan fingerprint density at radius 3 is 1.25 bits per heavy atom. The first kappa shape index (κ1) is 21.4. The molecule has 0 aromatic heterocycles. The summed E-state index contributed by atoms with van der Waals surface area (Å²) in [5.41, 5.74) is 3.39. The minimum absolute atomic E-state index is 0.829. The fourth-order valence-corrected chi connectivity index (χ4v) is 13.4. The molecule has 0 amide bonds. The molecule has 0 heterocycles. The van der Waals surface area contributed by atoms with E-state index in [4.69, 9.17) is 0 Å². The van der Waals surface area contributed by atoms with Gasteiger partial charge in [-0.05, 0) is 158 Å². The minimum atomic E-state index is 0.829. The molecule has 9 rings (SSSR count). The molecule has 10 unspecified atom stereocenters. The summed E-state index contributed by atoms with van der Waals surface area (Å²) >= 11 is 0. The minimum Gasteiger partial charge on any atom is -0.0622 e. The van der Waals surface area contributed by atoms with E-state index in [1.165, 1.54) is 25.7 Å². The van der Waals surface area contributed by atoms with E-state index in [1.54, 1.807) is 49.7 Å². The highest BCUT2D eigenvalue weighted by atomic mass is 14.7. The van der Waals surface area contributed by atoms with Gasteiger partial charge in [-0.15, -0.1) is 0 Å². The predicted molar refractivity (Wildman–Crippen MR) is 146 cm³/mol. The van der Waals surface area contributed by atoms with Crippen LogP contribution in [-0.2, 0) is 0 Å². The molecule has 0 saturated heterocycles. The SMILES string of the molecule is c1ccc(C2CC3C4CCC5CCC6CCC(C7CC(c8ccccc8)C8CCC2C8C37)C4C56)cc1. The highest BCUT2D eigenvalue weighted by Gasteiger charge is 2.66. The summed E-state index contributed by atoms with van der Waals surface area (Å²) in [6, 6.07) is 23.8. The first-order valence-corrected chi connectivity index (χ1v) is 16.0.